The highest BCUT2D eigenvalue weighted by atomic mass is 19.1. The lowest BCUT2D eigenvalue weighted by Gasteiger charge is -2.25. The third kappa shape index (κ3) is 3.09. The van der Waals surface area contributed by atoms with Crippen molar-refractivity contribution in [1.82, 2.24) is 4.90 Å². The topological polar surface area (TPSA) is 29.3 Å². The number of nitrogens with zero attached hydrogens (tertiary/aromatic N) is 1. The summed E-state index contributed by atoms with van der Waals surface area (Å²) >= 11 is 0. The summed E-state index contributed by atoms with van der Waals surface area (Å²) < 4.78 is 13.6. The molecule has 1 aromatic carbocycles. The van der Waals surface area contributed by atoms with Gasteiger partial charge in [0.15, 0.2) is 0 Å². The number of hydrogen-bond acceptors (Lipinski definition) is 2. The highest BCUT2D eigenvalue weighted by Crippen LogP contribution is 2.23. The Morgan fingerprint density at radius 1 is 1.44 bits per heavy atom. The molecule has 2 rings (SSSR count). The largest absolute Gasteiger partial charge is 0.324 e. The van der Waals surface area contributed by atoms with Gasteiger partial charge in [0.05, 0.1) is 0 Å². The fraction of sp³-hybridized carbons (Fsp3) is 0.600. The number of halogens is 1. The van der Waals surface area contributed by atoms with Crippen molar-refractivity contribution in [2.45, 2.75) is 44.7 Å². The lowest BCUT2D eigenvalue weighted by atomic mass is 10.0. The van der Waals surface area contributed by atoms with Crippen molar-refractivity contribution in [2.75, 3.05) is 13.1 Å². The Morgan fingerprint density at radius 2 is 2.22 bits per heavy atom. The van der Waals surface area contributed by atoms with E-state index in [4.69, 9.17) is 5.73 Å². The van der Waals surface area contributed by atoms with Crippen LogP contribution in [0.15, 0.2) is 24.3 Å². The highest BCUT2D eigenvalue weighted by Gasteiger charge is 2.23. The first-order valence-corrected chi connectivity index (χ1v) is 6.96. The van der Waals surface area contributed by atoms with Crippen molar-refractivity contribution in [3.05, 3.63) is 35.6 Å². The Labute approximate surface area is 109 Å². The van der Waals surface area contributed by atoms with Crippen LogP contribution in [-0.4, -0.2) is 24.0 Å². The Balaban J connectivity index is 1.88. The summed E-state index contributed by atoms with van der Waals surface area (Å²) in [6.07, 6.45) is 4.62. The van der Waals surface area contributed by atoms with Gasteiger partial charge in [-0.3, -0.25) is 0 Å². The Kier molecular flexibility index (Phi) is 4.72. The first-order chi connectivity index (χ1) is 8.72. The Morgan fingerprint density at radius 3 is 2.94 bits per heavy atom. The molecule has 0 saturated carbocycles. The number of hydrogen-bond donors (Lipinski definition) is 1. The lowest BCUT2D eigenvalue weighted by Crippen LogP contribution is -2.31. The van der Waals surface area contributed by atoms with E-state index in [9.17, 15) is 4.39 Å². The molecule has 0 radical (unpaired) electrons. The molecular weight excluding hydrogens is 227 g/mol. The third-order valence-electron chi connectivity index (χ3n) is 4.00. The molecule has 2 N–H and O–H groups in total. The molecule has 0 bridgehead atoms. The van der Waals surface area contributed by atoms with Crippen molar-refractivity contribution in [1.29, 1.82) is 0 Å². The van der Waals surface area contributed by atoms with Gasteiger partial charge in [-0.1, -0.05) is 25.1 Å². The van der Waals surface area contributed by atoms with Crippen molar-refractivity contribution in [3.8, 4) is 0 Å². The molecular formula is C15H23FN2. The summed E-state index contributed by atoms with van der Waals surface area (Å²) in [5.74, 6) is -0.182. The fourth-order valence-corrected chi connectivity index (χ4v) is 2.89. The number of nitrogens with two attached hydrogens (primary N) is 1. The molecule has 3 heteroatoms. The van der Waals surface area contributed by atoms with Gasteiger partial charge in [0.1, 0.15) is 5.82 Å². The quantitative estimate of drug-likeness (QED) is 0.870. The maximum atomic E-state index is 13.6. The van der Waals surface area contributed by atoms with Gasteiger partial charge in [0.2, 0.25) is 0 Å². The molecule has 100 valence electrons. The molecule has 18 heavy (non-hydrogen) atoms. The molecule has 0 spiro atoms. The molecule has 2 atom stereocenters. The molecule has 2 nitrogen and oxygen atoms in total. The number of rotatable bonds is 5. The monoisotopic (exact) mass is 250 g/mol. The van der Waals surface area contributed by atoms with E-state index < -0.39 is 0 Å². The van der Waals surface area contributed by atoms with Gasteiger partial charge in [0.25, 0.3) is 0 Å². The summed E-state index contributed by atoms with van der Waals surface area (Å²) in [5.41, 5.74) is 6.74. The summed E-state index contributed by atoms with van der Waals surface area (Å²) in [6.45, 7) is 4.39. The summed E-state index contributed by atoms with van der Waals surface area (Å²) in [4.78, 5) is 2.50. The molecule has 1 aromatic rings. The average Bonchev–Trinajstić information content (AvgIpc) is 2.84. The maximum Gasteiger partial charge on any atom is 0.127 e. The van der Waals surface area contributed by atoms with Gasteiger partial charge < -0.3 is 10.6 Å². The van der Waals surface area contributed by atoms with Gasteiger partial charge in [0, 0.05) is 24.2 Å². The normalized spacial score (nSPS) is 22.3. The summed E-state index contributed by atoms with van der Waals surface area (Å²) in [7, 11) is 0. The van der Waals surface area contributed by atoms with Crippen LogP contribution < -0.4 is 5.73 Å². The predicted molar refractivity (Wildman–Crippen MR) is 72.8 cm³/mol. The molecule has 1 aliphatic heterocycles. The molecule has 2 unspecified atom stereocenters. The molecule has 1 saturated heterocycles. The van der Waals surface area contributed by atoms with Crippen LogP contribution in [0.2, 0.25) is 0 Å². The van der Waals surface area contributed by atoms with E-state index >= 15 is 0 Å². The minimum atomic E-state index is -0.190. The van der Waals surface area contributed by atoms with Crippen molar-refractivity contribution in [3.63, 3.8) is 0 Å². The van der Waals surface area contributed by atoms with E-state index in [2.05, 4.69) is 11.8 Å². The van der Waals surface area contributed by atoms with Crippen LogP contribution in [0.3, 0.4) is 0 Å². The van der Waals surface area contributed by atoms with Gasteiger partial charge in [-0.2, -0.15) is 0 Å². The Hall–Kier alpha value is -0.930. The number of likely N-dealkylation sites (tertiary alicyclic amines) is 1. The maximum absolute atomic E-state index is 13.6. The highest BCUT2D eigenvalue weighted by molar-refractivity contribution is 5.20. The van der Waals surface area contributed by atoms with E-state index in [0.717, 1.165) is 13.0 Å². The van der Waals surface area contributed by atoms with E-state index in [-0.39, 0.29) is 11.9 Å². The Bertz CT molecular complexity index is 381. The molecule has 0 aliphatic carbocycles. The van der Waals surface area contributed by atoms with Gasteiger partial charge >= 0.3 is 0 Å². The fourth-order valence-electron chi connectivity index (χ4n) is 2.89. The first-order valence-electron chi connectivity index (χ1n) is 6.96. The van der Waals surface area contributed by atoms with Crippen molar-refractivity contribution < 1.29 is 4.39 Å². The lowest BCUT2D eigenvalue weighted by molar-refractivity contribution is 0.239. The molecule has 1 heterocycles. The van der Waals surface area contributed by atoms with Crippen LogP contribution in [0.5, 0.6) is 0 Å². The van der Waals surface area contributed by atoms with E-state index in [1.807, 2.05) is 6.07 Å². The van der Waals surface area contributed by atoms with Crippen LogP contribution >= 0.6 is 0 Å². The summed E-state index contributed by atoms with van der Waals surface area (Å²) in [6, 6.07) is 7.35. The van der Waals surface area contributed by atoms with E-state index in [1.54, 1.807) is 12.1 Å². The van der Waals surface area contributed by atoms with Crippen LogP contribution in [-0.2, 0) is 0 Å². The number of benzene rings is 1. The van der Waals surface area contributed by atoms with Crippen LogP contribution in [0, 0.1) is 5.82 Å². The summed E-state index contributed by atoms with van der Waals surface area (Å²) in [5, 5.41) is 0. The van der Waals surface area contributed by atoms with Gasteiger partial charge in [-0.15, -0.1) is 0 Å². The van der Waals surface area contributed by atoms with Gasteiger partial charge in [-0.05, 0) is 38.3 Å². The zero-order valence-electron chi connectivity index (χ0n) is 11.1. The first kappa shape index (κ1) is 13.5. The van der Waals surface area contributed by atoms with E-state index in [1.165, 1.54) is 31.9 Å². The van der Waals surface area contributed by atoms with Crippen LogP contribution in [0.1, 0.15) is 44.2 Å². The molecule has 1 aliphatic rings. The second-order valence-electron chi connectivity index (χ2n) is 5.16. The molecule has 0 aromatic heterocycles. The van der Waals surface area contributed by atoms with Crippen LogP contribution in [0.25, 0.3) is 0 Å². The minimum Gasteiger partial charge on any atom is -0.324 e. The van der Waals surface area contributed by atoms with Crippen molar-refractivity contribution in [2.24, 2.45) is 5.73 Å². The molecule has 0 amide bonds. The zero-order chi connectivity index (χ0) is 13.0. The van der Waals surface area contributed by atoms with E-state index in [0.29, 0.717) is 11.6 Å². The van der Waals surface area contributed by atoms with Gasteiger partial charge in [-0.25, -0.2) is 4.39 Å². The smallest absolute Gasteiger partial charge is 0.127 e. The van der Waals surface area contributed by atoms with Crippen LogP contribution in [0.4, 0.5) is 4.39 Å². The second kappa shape index (κ2) is 6.30. The second-order valence-corrected chi connectivity index (χ2v) is 5.16. The third-order valence-corrected chi connectivity index (χ3v) is 4.00. The minimum absolute atomic E-state index is 0.182. The standard InChI is InChI=1S/C15H23FN2/c1-2-12-6-5-10-18(12)11-9-15(17)13-7-3-4-8-14(13)16/h3-4,7-8,12,15H,2,5-6,9-11,17H2,1H3. The average molecular weight is 250 g/mol. The zero-order valence-corrected chi connectivity index (χ0v) is 11.1. The van der Waals surface area contributed by atoms with Crippen molar-refractivity contribution >= 4 is 0 Å². The SMILES string of the molecule is CCC1CCCN1CCC(N)c1ccccc1F. The predicted octanol–water partition coefficient (Wildman–Crippen LogP) is 3.09. The molecule has 1 fully saturated rings.